The monoisotopic (exact) mass is 323 g/mol. The van der Waals surface area contributed by atoms with Gasteiger partial charge < -0.3 is 4.90 Å². The zero-order valence-electron chi connectivity index (χ0n) is 11.4. The van der Waals surface area contributed by atoms with Crippen molar-refractivity contribution < 1.29 is 4.79 Å². The van der Waals surface area contributed by atoms with Crippen LogP contribution in [0.4, 0.5) is 0 Å². The Kier molecular flexibility index (Phi) is 6.05. The number of Topliss-reactive ketones (excluding diaryl/α,β-unsaturated/α-hetero) is 1. The van der Waals surface area contributed by atoms with E-state index in [0.29, 0.717) is 6.42 Å². The Morgan fingerprint density at radius 1 is 1.11 bits per heavy atom. The minimum atomic E-state index is 0.253. The van der Waals surface area contributed by atoms with Gasteiger partial charge in [-0.25, -0.2) is 0 Å². The van der Waals surface area contributed by atoms with Crippen LogP contribution in [-0.4, -0.2) is 30.3 Å². The lowest BCUT2D eigenvalue weighted by Crippen LogP contribution is -2.29. The summed E-state index contributed by atoms with van der Waals surface area (Å²) in [6.07, 6.45) is 7.27. The Morgan fingerprint density at radius 3 is 2.47 bits per heavy atom. The smallest absolute Gasteiger partial charge is 0.164 e. The highest BCUT2D eigenvalue weighted by molar-refractivity contribution is 9.10. The van der Waals surface area contributed by atoms with Crippen LogP contribution < -0.4 is 0 Å². The summed E-state index contributed by atoms with van der Waals surface area (Å²) in [4.78, 5) is 14.6. The van der Waals surface area contributed by atoms with E-state index in [9.17, 15) is 4.79 Å². The van der Waals surface area contributed by atoms with Gasteiger partial charge in [0.05, 0.1) is 0 Å². The van der Waals surface area contributed by atoms with Gasteiger partial charge in [0.1, 0.15) is 0 Å². The first-order valence-corrected chi connectivity index (χ1v) is 8.06. The number of carbonyl (C=O) groups excluding carboxylic acids is 1. The Labute approximate surface area is 124 Å². The summed E-state index contributed by atoms with van der Waals surface area (Å²) in [5.41, 5.74) is 0.821. The summed E-state index contributed by atoms with van der Waals surface area (Å²) in [7, 11) is 0. The standard InChI is InChI=1S/C16H22BrNO/c17-15-8-6-7-14(13-15)16(19)9-12-18-10-4-2-1-3-5-11-18/h6-8,13H,1-5,9-12H2. The van der Waals surface area contributed by atoms with E-state index >= 15 is 0 Å². The molecule has 104 valence electrons. The largest absolute Gasteiger partial charge is 0.303 e. The number of halogens is 1. The van der Waals surface area contributed by atoms with E-state index in [0.717, 1.165) is 29.7 Å². The third-order valence-corrected chi connectivity index (χ3v) is 4.24. The molecule has 1 aromatic carbocycles. The molecule has 19 heavy (non-hydrogen) atoms. The highest BCUT2D eigenvalue weighted by Gasteiger charge is 2.11. The van der Waals surface area contributed by atoms with Crippen LogP contribution in [0.5, 0.6) is 0 Å². The molecule has 1 saturated heterocycles. The lowest BCUT2D eigenvalue weighted by Gasteiger charge is -2.24. The van der Waals surface area contributed by atoms with Crippen LogP contribution in [0.15, 0.2) is 28.7 Å². The maximum atomic E-state index is 12.1. The van der Waals surface area contributed by atoms with Gasteiger partial charge in [0.25, 0.3) is 0 Å². The number of benzene rings is 1. The summed E-state index contributed by atoms with van der Waals surface area (Å²) < 4.78 is 0.976. The summed E-state index contributed by atoms with van der Waals surface area (Å²) in [6, 6.07) is 7.69. The van der Waals surface area contributed by atoms with Crippen LogP contribution in [-0.2, 0) is 0 Å². The summed E-state index contributed by atoms with van der Waals surface area (Å²) in [5, 5.41) is 0. The van der Waals surface area contributed by atoms with E-state index in [4.69, 9.17) is 0 Å². The molecule has 2 nitrogen and oxygen atoms in total. The van der Waals surface area contributed by atoms with Crippen molar-refractivity contribution in [2.45, 2.75) is 38.5 Å². The molecule has 2 rings (SSSR count). The van der Waals surface area contributed by atoms with Crippen molar-refractivity contribution >= 4 is 21.7 Å². The molecule has 1 fully saturated rings. The van der Waals surface area contributed by atoms with E-state index in [1.165, 1.54) is 32.1 Å². The minimum Gasteiger partial charge on any atom is -0.303 e. The Morgan fingerprint density at radius 2 is 1.79 bits per heavy atom. The van der Waals surface area contributed by atoms with E-state index < -0.39 is 0 Å². The zero-order chi connectivity index (χ0) is 13.5. The molecule has 0 aromatic heterocycles. The average molecular weight is 324 g/mol. The van der Waals surface area contributed by atoms with Crippen LogP contribution in [0.3, 0.4) is 0 Å². The van der Waals surface area contributed by atoms with Gasteiger partial charge in [-0.2, -0.15) is 0 Å². The summed E-state index contributed by atoms with van der Waals surface area (Å²) >= 11 is 3.41. The van der Waals surface area contributed by atoms with Crippen molar-refractivity contribution in [2.24, 2.45) is 0 Å². The first kappa shape index (κ1) is 14.7. The highest BCUT2D eigenvalue weighted by atomic mass is 79.9. The molecule has 0 unspecified atom stereocenters. The quantitative estimate of drug-likeness (QED) is 0.770. The van der Waals surface area contributed by atoms with Crippen molar-refractivity contribution in [3.63, 3.8) is 0 Å². The van der Waals surface area contributed by atoms with Gasteiger partial charge in [-0.15, -0.1) is 0 Å². The first-order chi connectivity index (χ1) is 9.25. The molecule has 0 aliphatic carbocycles. The second-order valence-corrected chi connectivity index (χ2v) is 6.21. The van der Waals surface area contributed by atoms with E-state index in [-0.39, 0.29) is 5.78 Å². The van der Waals surface area contributed by atoms with Gasteiger partial charge in [0.2, 0.25) is 0 Å². The Hall–Kier alpha value is -0.670. The van der Waals surface area contributed by atoms with Gasteiger partial charge in [0.15, 0.2) is 5.78 Å². The zero-order valence-corrected chi connectivity index (χ0v) is 13.0. The summed E-state index contributed by atoms with van der Waals surface area (Å²) in [6.45, 7) is 3.23. The van der Waals surface area contributed by atoms with Gasteiger partial charge in [-0.1, -0.05) is 47.3 Å². The molecular weight excluding hydrogens is 302 g/mol. The van der Waals surface area contributed by atoms with Gasteiger partial charge in [0, 0.05) is 23.0 Å². The van der Waals surface area contributed by atoms with E-state index in [1.807, 2.05) is 24.3 Å². The molecule has 1 aliphatic rings. The molecule has 1 aromatic rings. The average Bonchev–Trinajstić information content (AvgIpc) is 2.37. The fourth-order valence-corrected chi connectivity index (χ4v) is 3.00. The molecule has 0 N–H and O–H groups in total. The molecule has 3 heteroatoms. The number of carbonyl (C=O) groups is 1. The van der Waals surface area contributed by atoms with Crippen LogP contribution in [0.25, 0.3) is 0 Å². The van der Waals surface area contributed by atoms with Crippen LogP contribution in [0, 0.1) is 0 Å². The Balaban J connectivity index is 1.82. The number of hydrogen-bond acceptors (Lipinski definition) is 2. The van der Waals surface area contributed by atoms with Crippen molar-refractivity contribution in [2.75, 3.05) is 19.6 Å². The van der Waals surface area contributed by atoms with Crippen LogP contribution in [0.2, 0.25) is 0 Å². The number of rotatable bonds is 4. The summed E-state index contributed by atoms with van der Waals surface area (Å²) in [5.74, 6) is 0.253. The first-order valence-electron chi connectivity index (χ1n) is 7.27. The second kappa shape index (κ2) is 7.81. The van der Waals surface area contributed by atoms with Crippen molar-refractivity contribution in [1.29, 1.82) is 0 Å². The molecular formula is C16H22BrNO. The van der Waals surface area contributed by atoms with Gasteiger partial charge >= 0.3 is 0 Å². The second-order valence-electron chi connectivity index (χ2n) is 5.29. The molecule has 0 amide bonds. The van der Waals surface area contributed by atoms with Gasteiger partial charge in [-0.05, 0) is 38.1 Å². The molecule has 0 bridgehead atoms. The Bertz CT molecular complexity index is 411. The van der Waals surface area contributed by atoms with Crippen molar-refractivity contribution in [1.82, 2.24) is 4.90 Å². The normalized spacial score (nSPS) is 17.7. The highest BCUT2D eigenvalue weighted by Crippen LogP contribution is 2.14. The topological polar surface area (TPSA) is 20.3 Å². The number of hydrogen-bond donors (Lipinski definition) is 0. The fourth-order valence-electron chi connectivity index (χ4n) is 2.60. The lowest BCUT2D eigenvalue weighted by molar-refractivity contribution is 0.0962. The molecule has 1 heterocycles. The number of ketones is 1. The predicted molar refractivity (Wildman–Crippen MR) is 82.6 cm³/mol. The molecule has 0 atom stereocenters. The minimum absolute atomic E-state index is 0.253. The van der Waals surface area contributed by atoms with Crippen LogP contribution in [0.1, 0.15) is 48.9 Å². The maximum Gasteiger partial charge on any atom is 0.164 e. The van der Waals surface area contributed by atoms with Crippen LogP contribution >= 0.6 is 15.9 Å². The van der Waals surface area contributed by atoms with E-state index in [1.54, 1.807) is 0 Å². The van der Waals surface area contributed by atoms with Crippen molar-refractivity contribution in [3.05, 3.63) is 34.3 Å². The maximum absolute atomic E-state index is 12.1. The number of likely N-dealkylation sites (tertiary alicyclic amines) is 1. The van der Waals surface area contributed by atoms with E-state index in [2.05, 4.69) is 20.8 Å². The molecule has 0 radical (unpaired) electrons. The number of nitrogens with zero attached hydrogens (tertiary/aromatic N) is 1. The SMILES string of the molecule is O=C(CCN1CCCCCCC1)c1cccc(Br)c1. The molecule has 0 spiro atoms. The molecule has 0 saturated carbocycles. The third kappa shape index (κ3) is 5.07. The fraction of sp³-hybridized carbons (Fsp3) is 0.562. The van der Waals surface area contributed by atoms with Gasteiger partial charge in [-0.3, -0.25) is 4.79 Å². The predicted octanol–water partition coefficient (Wildman–Crippen LogP) is 4.29. The lowest BCUT2D eigenvalue weighted by atomic mass is 10.1. The molecule has 1 aliphatic heterocycles. The third-order valence-electron chi connectivity index (χ3n) is 3.75. The van der Waals surface area contributed by atoms with Crippen molar-refractivity contribution in [3.8, 4) is 0 Å².